The third-order valence-electron chi connectivity index (χ3n) is 5.82. The van der Waals surface area contributed by atoms with Gasteiger partial charge in [-0.25, -0.2) is 4.79 Å². The quantitative estimate of drug-likeness (QED) is 0.238. The van der Waals surface area contributed by atoms with Gasteiger partial charge in [0.15, 0.2) is 0 Å². The highest BCUT2D eigenvalue weighted by molar-refractivity contribution is 6.31. The molecule has 0 aliphatic carbocycles. The van der Waals surface area contributed by atoms with Crippen molar-refractivity contribution in [3.05, 3.63) is 101 Å². The molecule has 0 saturated heterocycles. The molecule has 0 bridgehead atoms. The summed E-state index contributed by atoms with van der Waals surface area (Å²) in [6, 6.07) is 21.6. The van der Waals surface area contributed by atoms with Gasteiger partial charge >= 0.3 is 12.1 Å². The predicted molar refractivity (Wildman–Crippen MR) is 135 cm³/mol. The van der Waals surface area contributed by atoms with Crippen molar-refractivity contribution in [1.82, 2.24) is 5.32 Å². The van der Waals surface area contributed by atoms with E-state index in [1.165, 1.54) is 17.5 Å². The van der Waals surface area contributed by atoms with Crippen LogP contribution in [0.2, 0.25) is 5.02 Å². The Morgan fingerprint density at radius 3 is 2.47 bits per heavy atom. The van der Waals surface area contributed by atoms with Gasteiger partial charge in [-0.05, 0) is 70.8 Å². The Balaban J connectivity index is 1.47. The first-order valence-corrected chi connectivity index (χ1v) is 11.6. The molecule has 186 valence electrons. The lowest BCUT2D eigenvalue weighted by Gasteiger charge is -2.17. The summed E-state index contributed by atoms with van der Waals surface area (Å²) in [5.41, 5.74) is 0.0535. The van der Waals surface area contributed by atoms with Gasteiger partial charge in [-0.3, -0.25) is 0 Å². The van der Waals surface area contributed by atoms with E-state index in [1.807, 2.05) is 18.2 Å². The predicted octanol–water partition coefficient (Wildman–Crippen LogP) is 7.61. The third-order valence-corrected chi connectivity index (χ3v) is 6.04. The average molecular weight is 514 g/mol. The number of rotatable bonds is 8. The Morgan fingerprint density at radius 2 is 1.72 bits per heavy atom. The van der Waals surface area contributed by atoms with Gasteiger partial charge in [0.25, 0.3) is 0 Å². The number of ether oxygens (including phenoxy) is 1. The van der Waals surface area contributed by atoms with Crippen LogP contribution in [0.25, 0.3) is 21.9 Å². The molecular weight excluding hydrogens is 491 g/mol. The number of fused-ring (bicyclic) bond motifs is 1. The van der Waals surface area contributed by atoms with Crippen LogP contribution < -0.4 is 10.1 Å². The third kappa shape index (κ3) is 5.98. The first kappa shape index (κ1) is 25.5. The number of hydrogen-bond acceptors (Lipinski definition) is 3. The lowest BCUT2D eigenvalue weighted by Crippen LogP contribution is -2.24. The molecule has 4 rings (SSSR count). The van der Waals surface area contributed by atoms with Crippen LogP contribution in [0.3, 0.4) is 0 Å². The zero-order chi connectivity index (χ0) is 25.9. The molecule has 1 atom stereocenters. The number of alkyl halides is 3. The molecule has 36 heavy (non-hydrogen) atoms. The van der Waals surface area contributed by atoms with Gasteiger partial charge in [0.2, 0.25) is 0 Å². The lowest BCUT2D eigenvalue weighted by atomic mass is 9.99. The van der Waals surface area contributed by atoms with Gasteiger partial charge in [-0.15, -0.1) is 0 Å². The number of halogens is 4. The van der Waals surface area contributed by atoms with Crippen LogP contribution in [-0.2, 0) is 6.18 Å². The maximum Gasteiger partial charge on any atom is 0.416 e. The zero-order valence-corrected chi connectivity index (χ0v) is 20.0. The molecule has 0 amide bonds. The standard InChI is InChI=1S/C28H23ClF3NO3/c1-17(25-8-4-6-18-5-2-3-7-26(18)25)33-9-10-36-24-15-20(14-23(29)16-24)19-11-21(27(34)35)13-22(12-19)28(30,31)32/h2-8,11-17,33H,9-10H2,1H3,(H,34,35). The number of aromatic carboxylic acids is 1. The number of hydrogen-bond donors (Lipinski definition) is 2. The van der Waals surface area contributed by atoms with E-state index in [4.69, 9.17) is 16.3 Å². The summed E-state index contributed by atoms with van der Waals surface area (Å²) in [4.78, 5) is 11.4. The molecule has 4 aromatic rings. The Kier molecular flexibility index (Phi) is 7.52. The molecule has 0 heterocycles. The van der Waals surface area contributed by atoms with Crippen LogP contribution in [0.15, 0.2) is 78.9 Å². The maximum absolute atomic E-state index is 13.3. The number of carboxylic acid groups (broad SMARTS) is 1. The number of nitrogens with one attached hydrogen (secondary N) is 1. The fourth-order valence-electron chi connectivity index (χ4n) is 4.08. The minimum Gasteiger partial charge on any atom is -0.492 e. The van der Waals surface area contributed by atoms with Gasteiger partial charge in [0.1, 0.15) is 12.4 Å². The molecular formula is C28H23ClF3NO3. The zero-order valence-electron chi connectivity index (χ0n) is 19.3. The van der Waals surface area contributed by atoms with E-state index in [9.17, 15) is 23.1 Å². The normalized spacial score (nSPS) is 12.5. The second-order valence-electron chi connectivity index (χ2n) is 8.37. The van der Waals surface area contributed by atoms with E-state index in [0.717, 1.165) is 17.0 Å². The van der Waals surface area contributed by atoms with Crippen molar-refractivity contribution < 1.29 is 27.8 Å². The van der Waals surface area contributed by atoms with Crippen LogP contribution >= 0.6 is 11.6 Å². The smallest absolute Gasteiger partial charge is 0.416 e. The van der Waals surface area contributed by atoms with Crippen molar-refractivity contribution in [3.63, 3.8) is 0 Å². The van der Waals surface area contributed by atoms with Gasteiger partial charge in [0.05, 0.1) is 11.1 Å². The van der Waals surface area contributed by atoms with Gasteiger partial charge < -0.3 is 15.2 Å². The maximum atomic E-state index is 13.3. The molecule has 2 N–H and O–H groups in total. The Labute approximate surface area is 211 Å². The van der Waals surface area contributed by atoms with Crippen LogP contribution in [0.1, 0.15) is 34.5 Å². The molecule has 4 aromatic carbocycles. The summed E-state index contributed by atoms with van der Waals surface area (Å²) in [5.74, 6) is -1.08. The second-order valence-corrected chi connectivity index (χ2v) is 8.81. The van der Waals surface area contributed by atoms with Crippen molar-refractivity contribution in [1.29, 1.82) is 0 Å². The van der Waals surface area contributed by atoms with E-state index in [0.29, 0.717) is 23.9 Å². The Bertz CT molecular complexity index is 1400. The largest absolute Gasteiger partial charge is 0.492 e. The fourth-order valence-corrected chi connectivity index (χ4v) is 4.30. The molecule has 0 saturated carbocycles. The summed E-state index contributed by atoms with van der Waals surface area (Å²) in [6.07, 6.45) is -4.69. The van der Waals surface area contributed by atoms with Crippen LogP contribution in [0, 0.1) is 0 Å². The van der Waals surface area contributed by atoms with Crippen molar-refractivity contribution in [3.8, 4) is 16.9 Å². The Morgan fingerprint density at radius 1 is 1.00 bits per heavy atom. The second kappa shape index (κ2) is 10.6. The number of benzene rings is 4. The summed E-state index contributed by atoms with van der Waals surface area (Å²) in [5, 5.41) is 15.3. The highest BCUT2D eigenvalue weighted by atomic mass is 35.5. The van der Waals surface area contributed by atoms with Crippen LogP contribution in [0.4, 0.5) is 13.2 Å². The lowest BCUT2D eigenvalue weighted by molar-refractivity contribution is -0.137. The van der Waals surface area contributed by atoms with E-state index in [2.05, 4.69) is 36.5 Å². The van der Waals surface area contributed by atoms with E-state index >= 15 is 0 Å². The fraction of sp³-hybridized carbons (Fsp3) is 0.179. The first-order chi connectivity index (χ1) is 17.1. The molecule has 0 fully saturated rings. The molecule has 8 heteroatoms. The topological polar surface area (TPSA) is 58.6 Å². The van der Waals surface area contributed by atoms with E-state index in [-0.39, 0.29) is 23.2 Å². The van der Waals surface area contributed by atoms with Crippen molar-refractivity contribution in [2.45, 2.75) is 19.1 Å². The van der Waals surface area contributed by atoms with E-state index < -0.39 is 23.3 Å². The average Bonchev–Trinajstić information content (AvgIpc) is 2.85. The molecule has 0 radical (unpaired) electrons. The van der Waals surface area contributed by atoms with Crippen molar-refractivity contribution in [2.75, 3.05) is 13.2 Å². The number of carbonyl (C=O) groups is 1. The van der Waals surface area contributed by atoms with Gasteiger partial charge in [-0.1, -0.05) is 54.1 Å². The summed E-state index contributed by atoms with van der Waals surface area (Å²) < 4.78 is 45.8. The first-order valence-electron chi connectivity index (χ1n) is 11.2. The van der Waals surface area contributed by atoms with Crippen molar-refractivity contribution in [2.24, 2.45) is 0 Å². The number of carboxylic acids is 1. The van der Waals surface area contributed by atoms with Gasteiger partial charge in [0, 0.05) is 17.6 Å². The SMILES string of the molecule is CC(NCCOc1cc(Cl)cc(-c2cc(C(=O)O)cc(C(F)(F)F)c2)c1)c1cccc2ccccc12. The summed E-state index contributed by atoms with van der Waals surface area (Å²) >= 11 is 6.20. The highest BCUT2D eigenvalue weighted by Gasteiger charge is 2.32. The Hall–Kier alpha value is -3.55. The molecule has 4 nitrogen and oxygen atoms in total. The van der Waals surface area contributed by atoms with Crippen LogP contribution in [0.5, 0.6) is 5.75 Å². The molecule has 1 unspecified atom stereocenters. The highest BCUT2D eigenvalue weighted by Crippen LogP contribution is 2.35. The minimum absolute atomic E-state index is 0.0640. The molecule has 0 aromatic heterocycles. The minimum atomic E-state index is -4.69. The van der Waals surface area contributed by atoms with Crippen LogP contribution in [-0.4, -0.2) is 24.2 Å². The molecule has 0 spiro atoms. The van der Waals surface area contributed by atoms with Crippen molar-refractivity contribution >= 4 is 28.3 Å². The van der Waals surface area contributed by atoms with E-state index in [1.54, 1.807) is 12.1 Å². The van der Waals surface area contributed by atoms with Gasteiger partial charge in [-0.2, -0.15) is 13.2 Å². The summed E-state index contributed by atoms with van der Waals surface area (Å²) in [7, 11) is 0. The summed E-state index contributed by atoms with van der Waals surface area (Å²) in [6.45, 7) is 2.86. The molecule has 0 aliphatic rings. The molecule has 0 aliphatic heterocycles. The monoisotopic (exact) mass is 513 g/mol.